The van der Waals surface area contributed by atoms with Crippen molar-refractivity contribution in [3.05, 3.63) is 18.3 Å². The summed E-state index contributed by atoms with van der Waals surface area (Å²) >= 11 is 4.98. The third-order valence-electron chi connectivity index (χ3n) is 1.26. The maximum absolute atomic E-state index is 10.7. The number of nitrogens with zero attached hydrogens (tertiary/aromatic N) is 1. The minimum atomic E-state index is -0.995. The molecule has 0 atom stereocenters. The predicted octanol–water partition coefficient (Wildman–Crippen LogP) is 1.96. The molecule has 0 bridgehead atoms. The molecule has 0 aliphatic rings. The molecule has 0 fully saturated rings. The third kappa shape index (κ3) is 3.82. The van der Waals surface area contributed by atoms with E-state index in [-0.39, 0.29) is 11.6 Å². The summed E-state index contributed by atoms with van der Waals surface area (Å²) in [5, 5.41) is 0. The third-order valence-corrected chi connectivity index (χ3v) is 1.34. The maximum atomic E-state index is 10.7. The fraction of sp³-hybridized carbons (Fsp3) is 0.125. The summed E-state index contributed by atoms with van der Waals surface area (Å²) in [4.78, 5) is 24.8. The van der Waals surface area contributed by atoms with Gasteiger partial charge in [0.2, 0.25) is 5.88 Å². The lowest BCUT2D eigenvalue weighted by Crippen LogP contribution is -2.08. The van der Waals surface area contributed by atoms with Gasteiger partial charge in [0.05, 0.1) is 7.11 Å². The summed E-state index contributed by atoms with van der Waals surface area (Å²) in [5.74, 6) is 0.0566. The van der Waals surface area contributed by atoms with Gasteiger partial charge in [-0.1, -0.05) is 0 Å². The van der Waals surface area contributed by atoms with Gasteiger partial charge in [-0.15, -0.1) is 0 Å². The molecule has 0 aliphatic carbocycles. The average molecular weight is 232 g/mol. The highest BCUT2D eigenvalue weighted by Crippen LogP contribution is 2.17. The zero-order valence-corrected chi connectivity index (χ0v) is 8.35. The molecule has 1 rings (SSSR count). The Labute approximate surface area is 89.7 Å². The summed E-state index contributed by atoms with van der Waals surface area (Å²) in [6, 6.07) is 2.60. The second kappa shape index (κ2) is 5.16. The highest BCUT2D eigenvalue weighted by Gasteiger charge is 2.07. The van der Waals surface area contributed by atoms with E-state index in [4.69, 9.17) is 11.6 Å². The second-order valence-electron chi connectivity index (χ2n) is 2.23. The van der Waals surface area contributed by atoms with E-state index in [9.17, 15) is 9.59 Å². The Kier molecular flexibility index (Phi) is 3.87. The lowest BCUT2D eigenvalue weighted by atomic mass is 10.4. The van der Waals surface area contributed by atoms with E-state index in [2.05, 4.69) is 19.2 Å². The summed E-state index contributed by atoms with van der Waals surface area (Å²) < 4.78 is 13.3. The van der Waals surface area contributed by atoms with E-state index in [1.165, 1.54) is 18.3 Å². The number of hydrogen-bond acceptors (Lipinski definition) is 6. The highest BCUT2D eigenvalue weighted by molar-refractivity contribution is 6.61. The number of pyridine rings is 1. The van der Waals surface area contributed by atoms with Gasteiger partial charge in [0, 0.05) is 23.9 Å². The summed E-state index contributed by atoms with van der Waals surface area (Å²) in [6.45, 7) is 0. The van der Waals surface area contributed by atoms with Crippen LogP contribution in [0.2, 0.25) is 0 Å². The molecule has 0 aromatic carbocycles. The molecule has 0 spiro atoms. The predicted molar refractivity (Wildman–Crippen MR) is 49.1 cm³/mol. The number of rotatable bonds is 2. The van der Waals surface area contributed by atoms with E-state index >= 15 is 0 Å². The van der Waals surface area contributed by atoms with Crippen LogP contribution in [0.3, 0.4) is 0 Å². The number of carbonyl (C=O) groups is 2. The van der Waals surface area contributed by atoms with Crippen LogP contribution in [-0.4, -0.2) is 23.7 Å². The Morgan fingerprint density at radius 1 is 1.40 bits per heavy atom. The average Bonchev–Trinajstić information content (AvgIpc) is 2.17. The Hall–Kier alpha value is -1.82. The van der Waals surface area contributed by atoms with Gasteiger partial charge in [0.1, 0.15) is 5.75 Å². The molecule has 0 amide bonds. The van der Waals surface area contributed by atoms with Crippen LogP contribution in [0.5, 0.6) is 11.6 Å². The van der Waals surface area contributed by atoms with Crippen molar-refractivity contribution in [3.8, 4) is 11.6 Å². The largest absolute Gasteiger partial charge is 0.514 e. The molecule has 0 aliphatic heterocycles. The SMILES string of the molecule is COC(=O)Oc1cc(OC(=O)Cl)ccn1. The van der Waals surface area contributed by atoms with Crippen LogP contribution in [0.4, 0.5) is 9.59 Å². The van der Waals surface area contributed by atoms with E-state index in [1.54, 1.807) is 0 Å². The molecule has 6 nitrogen and oxygen atoms in total. The van der Waals surface area contributed by atoms with Crippen molar-refractivity contribution < 1.29 is 23.8 Å². The Morgan fingerprint density at radius 2 is 2.13 bits per heavy atom. The molecular weight excluding hydrogens is 226 g/mol. The molecule has 1 aromatic heterocycles. The molecule has 0 radical (unpaired) electrons. The first kappa shape index (κ1) is 11.3. The van der Waals surface area contributed by atoms with Crippen molar-refractivity contribution in [2.75, 3.05) is 7.11 Å². The highest BCUT2D eigenvalue weighted by atomic mass is 35.5. The second-order valence-corrected chi connectivity index (χ2v) is 2.53. The van der Waals surface area contributed by atoms with Crippen LogP contribution in [0.25, 0.3) is 0 Å². The van der Waals surface area contributed by atoms with Crippen LogP contribution in [0, 0.1) is 0 Å². The van der Waals surface area contributed by atoms with Crippen molar-refractivity contribution in [3.63, 3.8) is 0 Å². The minimum Gasteiger partial charge on any atom is -0.437 e. The number of methoxy groups -OCH3 is 1. The Balaban J connectivity index is 2.74. The van der Waals surface area contributed by atoms with E-state index in [0.29, 0.717) is 0 Å². The van der Waals surface area contributed by atoms with Crippen molar-refractivity contribution in [2.24, 2.45) is 0 Å². The number of halogens is 1. The lowest BCUT2D eigenvalue weighted by molar-refractivity contribution is 0.119. The molecule has 0 saturated carbocycles. The van der Waals surface area contributed by atoms with Crippen molar-refractivity contribution >= 4 is 23.2 Å². The van der Waals surface area contributed by atoms with Gasteiger partial charge in [-0.25, -0.2) is 14.6 Å². The zero-order chi connectivity index (χ0) is 11.3. The van der Waals surface area contributed by atoms with Crippen LogP contribution in [0.1, 0.15) is 0 Å². The quantitative estimate of drug-likeness (QED) is 0.572. The van der Waals surface area contributed by atoms with Gasteiger partial charge < -0.3 is 14.2 Å². The minimum absolute atomic E-state index is 0.0581. The lowest BCUT2D eigenvalue weighted by Gasteiger charge is -2.03. The molecule has 1 aromatic rings. The van der Waals surface area contributed by atoms with E-state index < -0.39 is 11.6 Å². The van der Waals surface area contributed by atoms with Crippen LogP contribution in [-0.2, 0) is 4.74 Å². The number of ether oxygens (including phenoxy) is 3. The topological polar surface area (TPSA) is 74.7 Å². The van der Waals surface area contributed by atoms with Gasteiger partial charge in [-0.05, 0) is 6.07 Å². The number of hydrogen-bond donors (Lipinski definition) is 0. The molecule has 7 heteroatoms. The smallest absolute Gasteiger partial charge is 0.437 e. The standard InChI is InChI=1S/C8H6ClNO5/c1-13-8(12)15-6-4-5(2-3-10-6)14-7(9)11/h2-4H,1H3. The van der Waals surface area contributed by atoms with Gasteiger partial charge >= 0.3 is 11.6 Å². The number of carbonyl (C=O) groups excluding carboxylic acids is 2. The first-order chi connectivity index (χ1) is 7.11. The van der Waals surface area contributed by atoms with Crippen molar-refractivity contribution in [1.82, 2.24) is 4.98 Å². The first-order valence-corrected chi connectivity index (χ1v) is 4.09. The van der Waals surface area contributed by atoms with Crippen LogP contribution >= 0.6 is 11.6 Å². The molecule has 0 saturated heterocycles. The normalized spacial score (nSPS) is 9.20. The fourth-order valence-electron chi connectivity index (χ4n) is 0.730. The zero-order valence-electron chi connectivity index (χ0n) is 7.60. The molecule has 80 valence electrons. The first-order valence-electron chi connectivity index (χ1n) is 3.71. The van der Waals surface area contributed by atoms with Crippen LogP contribution in [0.15, 0.2) is 18.3 Å². The summed E-state index contributed by atoms with van der Waals surface area (Å²) in [5.41, 5.74) is -0.995. The molecule has 1 heterocycles. The molecule has 15 heavy (non-hydrogen) atoms. The summed E-state index contributed by atoms with van der Waals surface area (Å²) in [7, 11) is 1.16. The summed E-state index contributed by atoms with van der Waals surface area (Å²) in [6.07, 6.45) is 0.366. The Morgan fingerprint density at radius 3 is 2.73 bits per heavy atom. The molecule has 0 unspecified atom stereocenters. The van der Waals surface area contributed by atoms with E-state index in [0.717, 1.165) is 7.11 Å². The van der Waals surface area contributed by atoms with Crippen molar-refractivity contribution in [2.45, 2.75) is 0 Å². The van der Waals surface area contributed by atoms with Gasteiger partial charge in [-0.2, -0.15) is 0 Å². The van der Waals surface area contributed by atoms with Crippen LogP contribution < -0.4 is 9.47 Å². The molecular formula is C8H6ClNO5. The van der Waals surface area contributed by atoms with Gasteiger partial charge in [0.15, 0.2) is 0 Å². The van der Waals surface area contributed by atoms with Crippen molar-refractivity contribution in [1.29, 1.82) is 0 Å². The van der Waals surface area contributed by atoms with Gasteiger partial charge in [0.25, 0.3) is 0 Å². The fourth-order valence-corrected chi connectivity index (χ4v) is 0.819. The van der Waals surface area contributed by atoms with Gasteiger partial charge in [-0.3, -0.25) is 0 Å². The van der Waals surface area contributed by atoms with E-state index in [1.807, 2.05) is 0 Å². The Bertz CT molecular complexity index is 381. The monoisotopic (exact) mass is 231 g/mol. The number of aromatic nitrogens is 1. The maximum Gasteiger partial charge on any atom is 0.514 e. The molecule has 0 N–H and O–H groups in total.